The molecule has 132 valence electrons. The highest BCUT2D eigenvalue weighted by Crippen LogP contribution is 2.36. The number of fused-ring (bicyclic) bond motifs is 1. The average molecular weight is 391 g/mol. The number of sulfonamides is 1. The summed E-state index contributed by atoms with van der Waals surface area (Å²) < 4.78 is 65.5. The van der Waals surface area contributed by atoms with E-state index in [1.54, 1.807) is 0 Å². The molecule has 1 heterocycles. The van der Waals surface area contributed by atoms with Gasteiger partial charge in [-0.05, 0) is 42.0 Å². The first-order chi connectivity index (χ1) is 11.6. The number of amides is 1. The largest absolute Gasteiger partial charge is 0.417 e. The normalized spacial score (nSPS) is 14.2. The molecule has 0 spiro atoms. The van der Waals surface area contributed by atoms with Crippen LogP contribution in [0.3, 0.4) is 0 Å². The fourth-order valence-corrected chi connectivity index (χ4v) is 3.72. The predicted molar refractivity (Wildman–Crippen MR) is 86.0 cm³/mol. The van der Waals surface area contributed by atoms with E-state index < -0.39 is 26.8 Å². The lowest BCUT2D eigenvalue weighted by Gasteiger charge is -2.13. The molecule has 1 amide bonds. The summed E-state index contributed by atoms with van der Waals surface area (Å²) in [4.78, 5) is 11.2. The smallest absolute Gasteiger partial charge is 0.326 e. The lowest BCUT2D eigenvalue weighted by Crippen LogP contribution is -2.14. The first-order valence-corrected chi connectivity index (χ1v) is 8.75. The topological polar surface area (TPSA) is 75.3 Å². The lowest BCUT2D eigenvalue weighted by molar-refractivity contribution is -0.137. The van der Waals surface area contributed by atoms with Crippen molar-refractivity contribution in [2.45, 2.75) is 17.5 Å². The van der Waals surface area contributed by atoms with Gasteiger partial charge in [0, 0.05) is 11.4 Å². The van der Waals surface area contributed by atoms with Gasteiger partial charge in [0.05, 0.1) is 21.9 Å². The second kappa shape index (κ2) is 5.92. The van der Waals surface area contributed by atoms with E-state index >= 15 is 0 Å². The van der Waals surface area contributed by atoms with Gasteiger partial charge in [0.15, 0.2) is 0 Å². The zero-order chi connectivity index (χ0) is 18.4. The molecule has 0 fully saturated rings. The Balaban J connectivity index is 1.93. The summed E-state index contributed by atoms with van der Waals surface area (Å²) in [6.07, 6.45) is -4.67. The van der Waals surface area contributed by atoms with E-state index in [9.17, 15) is 26.4 Å². The van der Waals surface area contributed by atoms with E-state index in [-0.39, 0.29) is 22.9 Å². The van der Waals surface area contributed by atoms with Gasteiger partial charge in [-0.25, -0.2) is 8.42 Å². The molecular weight excluding hydrogens is 381 g/mol. The summed E-state index contributed by atoms with van der Waals surface area (Å²) in [5.41, 5.74) is -0.403. The molecule has 1 aliphatic rings. The highest BCUT2D eigenvalue weighted by molar-refractivity contribution is 7.92. The van der Waals surface area contributed by atoms with Gasteiger partial charge < -0.3 is 5.32 Å². The van der Waals surface area contributed by atoms with E-state index in [4.69, 9.17) is 11.6 Å². The third kappa shape index (κ3) is 3.57. The molecule has 0 saturated carbocycles. The summed E-state index contributed by atoms with van der Waals surface area (Å²) >= 11 is 5.51. The predicted octanol–water partition coefficient (Wildman–Crippen LogP) is 3.65. The summed E-state index contributed by atoms with van der Waals surface area (Å²) in [7, 11) is -4.13. The van der Waals surface area contributed by atoms with Crippen molar-refractivity contribution in [1.29, 1.82) is 0 Å². The van der Waals surface area contributed by atoms with Gasteiger partial charge >= 0.3 is 6.18 Å². The molecule has 5 nitrogen and oxygen atoms in total. The Kier molecular flexibility index (Phi) is 4.16. The number of anilines is 2. The fraction of sp³-hybridized carbons (Fsp3) is 0.133. The summed E-state index contributed by atoms with van der Waals surface area (Å²) in [5.74, 6) is -0.259. The Morgan fingerprint density at radius 2 is 1.84 bits per heavy atom. The van der Waals surface area contributed by atoms with Crippen LogP contribution in [0.15, 0.2) is 41.3 Å². The Morgan fingerprint density at radius 1 is 1.12 bits per heavy atom. The van der Waals surface area contributed by atoms with Gasteiger partial charge in [0.1, 0.15) is 0 Å². The first kappa shape index (κ1) is 17.6. The van der Waals surface area contributed by atoms with Crippen LogP contribution in [0.25, 0.3) is 0 Å². The summed E-state index contributed by atoms with van der Waals surface area (Å²) in [6.45, 7) is 0. The monoisotopic (exact) mass is 390 g/mol. The Labute approximate surface area is 145 Å². The maximum absolute atomic E-state index is 12.9. The molecule has 0 atom stereocenters. The van der Waals surface area contributed by atoms with Crippen LogP contribution in [0, 0.1) is 0 Å². The molecule has 2 aromatic carbocycles. The van der Waals surface area contributed by atoms with Crippen LogP contribution in [0.2, 0.25) is 5.02 Å². The standard InChI is InChI=1S/C15H10ClF3N2O3S/c16-12-3-1-9(7-11(12)15(17,18)19)21-25(23,24)10-2-4-13-8(5-10)6-14(22)20-13/h1-5,7,21H,6H2,(H,20,22). The Morgan fingerprint density at radius 3 is 2.52 bits per heavy atom. The zero-order valence-corrected chi connectivity index (χ0v) is 13.9. The highest BCUT2D eigenvalue weighted by atomic mass is 35.5. The van der Waals surface area contributed by atoms with Gasteiger partial charge in [0.25, 0.3) is 10.0 Å². The Hall–Kier alpha value is -2.26. The lowest BCUT2D eigenvalue weighted by atomic mass is 10.2. The molecule has 0 aromatic heterocycles. The van der Waals surface area contributed by atoms with E-state index in [1.807, 2.05) is 0 Å². The van der Waals surface area contributed by atoms with Crippen LogP contribution in [0.5, 0.6) is 0 Å². The number of halogens is 4. The summed E-state index contributed by atoms with van der Waals surface area (Å²) in [6, 6.07) is 6.71. The number of hydrogen-bond acceptors (Lipinski definition) is 3. The van der Waals surface area contributed by atoms with Gasteiger partial charge in [-0.1, -0.05) is 11.6 Å². The van der Waals surface area contributed by atoms with Crippen molar-refractivity contribution in [2.24, 2.45) is 0 Å². The third-order valence-corrected chi connectivity index (χ3v) is 5.24. The van der Waals surface area contributed by atoms with Crippen molar-refractivity contribution in [3.05, 3.63) is 52.5 Å². The number of benzene rings is 2. The minimum atomic E-state index is -4.71. The molecule has 2 N–H and O–H groups in total. The molecule has 2 aromatic rings. The molecule has 10 heteroatoms. The van der Waals surface area contributed by atoms with Gasteiger partial charge in [-0.15, -0.1) is 0 Å². The minimum Gasteiger partial charge on any atom is -0.326 e. The van der Waals surface area contributed by atoms with Crippen molar-refractivity contribution in [3.63, 3.8) is 0 Å². The molecule has 0 radical (unpaired) electrons. The van der Waals surface area contributed by atoms with Crippen LogP contribution < -0.4 is 10.0 Å². The van der Waals surface area contributed by atoms with E-state index in [2.05, 4.69) is 10.0 Å². The molecule has 0 bridgehead atoms. The molecule has 3 rings (SSSR count). The molecule has 0 saturated heterocycles. The second-order valence-corrected chi connectivity index (χ2v) is 7.43. The third-order valence-electron chi connectivity index (χ3n) is 3.54. The Bertz CT molecular complexity index is 974. The van der Waals surface area contributed by atoms with Crippen molar-refractivity contribution in [1.82, 2.24) is 0 Å². The van der Waals surface area contributed by atoms with Gasteiger partial charge in [-0.3, -0.25) is 9.52 Å². The first-order valence-electron chi connectivity index (χ1n) is 6.88. The van der Waals surface area contributed by atoms with Crippen molar-refractivity contribution in [3.8, 4) is 0 Å². The van der Waals surface area contributed by atoms with E-state index in [1.165, 1.54) is 18.2 Å². The highest BCUT2D eigenvalue weighted by Gasteiger charge is 2.33. The minimum absolute atomic E-state index is 0.0395. The molecule has 1 aliphatic heterocycles. The van der Waals surface area contributed by atoms with Gasteiger partial charge in [0.2, 0.25) is 5.91 Å². The molecule has 25 heavy (non-hydrogen) atoms. The molecule has 0 aliphatic carbocycles. The van der Waals surface area contributed by atoms with Crippen LogP contribution in [-0.4, -0.2) is 14.3 Å². The van der Waals surface area contributed by atoms with Crippen LogP contribution in [-0.2, 0) is 27.4 Å². The van der Waals surface area contributed by atoms with Crippen molar-refractivity contribution in [2.75, 3.05) is 10.0 Å². The van der Waals surface area contributed by atoms with Gasteiger partial charge in [-0.2, -0.15) is 13.2 Å². The maximum Gasteiger partial charge on any atom is 0.417 e. The van der Waals surface area contributed by atoms with Crippen molar-refractivity contribution >= 4 is 38.9 Å². The fourth-order valence-electron chi connectivity index (χ4n) is 2.39. The van der Waals surface area contributed by atoms with E-state index in [0.717, 1.165) is 12.1 Å². The van der Waals surface area contributed by atoms with Crippen LogP contribution >= 0.6 is 11.6 Å². The number of hydrogen-bond donors (Lipinski definition) is 2. The summed E-state index contributed by atoms with van der Waals surface area (Å²) in [5, 5.41) is 2.03. The van der Waals surface area contributed by atoms with Crippen molar-refractivity contribution < 1.29 is 26.4 Å². The zero-order valence-electron chi connectivity index (χ0n) is 12.3. The quantitative estimate of drug-likeness (QED) is 0.840. The number of carbonyl (C=O) groups excluding carboxylic acids is 1. The van der Waals surface area contributed by atoms with Crippen LogP contribution in [0.1, 0.15) is 11.1 Å². The SMILES string of the molecule is O=C1Cc2cc(S(=O)(=O)Nc3ccc(Cl)c(C(F)(F)F)c3)ccc2N1. The van der Waals surface area contributed by atoms with Crippen LogP contribution in [0.4, 0.5) is 24.5 Å². The number of nitrogens with one attached hydrogen (secondary N) is 2. The number of rotatable bonds is 3. The molecule has 0 unspecified atom stereocenters. The maximum atomic E-state index is 12.9. The van der Waals surface area contributed by atoms with E-state index in [0.29, 0.717) is 17.3 Å². The second-order valence-electron chi connectivity index (χ2n) is 5.34. The number of alkyl halides is 3. The number of carbonyl (C=O) groups is 1. The molecular formula is C15H10ClF3N2O3S. The average Bonchev–Trinajstić information content (AvgIpc) is 2.87.